The molecule has 1 aliphatic rings. The third-order valence-electron chi connectivity index (χ3n) is 3.11. The lowest BCUT2D eigenvalue weighted by Crippen LogP contribution is -2.45. The van der Waals surface area contributed by atoms with Gasteiger partial charge in [0.1, 0.15) is 6.10 Å². The maximum atomic E-state index is 11.6. The molecule has 0 aliphatic carbocycles. The molecule has 1 aromatic rings. The summed E-state index contributed by atoms with van der Waals surface area (Å²) in [7, 11) is 0. The standard InChI is InChI=1S/C14H19NO2/c1-2-13(16)14-11-15(8-9-17-14)10-12-6-4-3-5-7-12/h3-7,14H,2,8-11H2,1H3/t14-/m1/s1. The molecule has 0 unspecified atom stereocenters. The van der Waals surface area contributed by atoms with Crippen LogP contribution in [0, 0.1) is 0 Å². The van der Waals surface area contributed by atoms with Crippen molar-refractivity contribution < 1.29 is 9.53 Å². The highest BCUT2D eigenvalue weighted by molar-refractivity contribution is 5.83. The smallest absolute Gasteiger partial charge is 0.162 e. The highest BCUT2D eigenvalue weighted by atomic mass is 16.5. The van der Waals surface area contributed by atoms with Gasteiger partial charge in [0.05, 0.1) is 6.61 Å². The number of ether oxygens (including phenoxy) is 1. The van der Waals surface area contributed by atoms with E-state index in [1.54, 1.807) is 0 Å². The molecule has 0 saturated carbocycles. The molecule has 1 atom stereocenters. The summed E-state index contributed by atoms with van der Waals surface area (Å²) in [4.78, 5) is 13.9. The number of nitrogens with zero attached hydrogens (tertiary/aromatic N) is 1. The minimum absolute atomic E-state index is 0.211. The number of morpholine rings is 1. The van der Waals surface area contributed by atoms with Crippen LogP contribution in [0.1, 0.15) is 18.9 Å². The van der Waals surface area contributed by atoms with E-state index in [1.165, 1.54) is 5.56 Å². The van der Waals surface area contributed by atoms with Gasteiger partial charge in [0.2, 0.25) is 0 Å². The first kappa shape index (κ1) is 12.3. The second kappa shape index (κ2) is 5.94. The Balaban J connectivity index is 1.92. The van der Waals surface area contributed by atoms with Crippen molar-refractivity contribution in [2.45, 2.75) is 26.0 Å². The number of hydrogen-bond acceptors (Lipinski definition) is 3. The van der Waals surface area contributed by atoms with Crippen LogP contribution in [-0.4, -0.2) is 36.5 Å². The maximum Gasteiger partial charge on any atom is 0.162 e. The zero-order valence-corrected chi connectivity index (χ0v) is 10.3. The first-order valence-electron chi connectivity index (χ1n) is 6.20. The van der Waals surface area contributed by atoms with Gasteiger partial charge in [0.25, 0.3) is 0 Å². The van der Waals surface area contributed by atoms with E-state index in [2.05, 4.69) is 17.0 Å². The van der Waals surface area contributed by atoms with Gasteiger partial charge in [-0.05, 0) is 5.56 Å². The molecule has 0 aromatic heterocycles. The van der Waals surface area contributed by atoms with Crippen LogP contribution in [0.25, 0.3) is 0 Å². The molecule has 0 spiro atoms. The number of hydrogen-bond donors (Lipinski definition) is 0. The van der Waals surface area contributed by atoms with E-state index in [4.69, 9.17) is 4.74 Å². The molecule has 0 amide bonds. The predicted molar refractivity (Wildman–Crippen MR) is 66.8 cm³/mol. The molecular formula is C14H19NO2. The van der Waals surface area contributed by atoms with Crippen molar-refractivity contribution in [2.24, 2.45) is 0 Å². The summed E-state index contributed by atoms with van der Waals surface area (Å²) in [6.07, 6.45) is 0.335. The zero-order valence-electron chi connectivity index (χ0n) is 10.3. The maximum absolute atomic E-state index is 11.6. The SMILES string of the molecule is CCC(=O)[C@H]1CN(Cc2ccccc2)CCO1. The van der Waals surface area contributed by atoms with Crippen LogP contribution in [-0.2, 0) is 16.1 Å². The summed E-state index contributed by atoms with van der Waals surface area (Å²) >= 11 is 0. The molecule has 0 radical (unpaired) electrons. The highest BCUT2D eigenvalue weighted by Gasteiger charge is 2.25. The first-order chi connectivity index (χ1) is 8.29. The normalized spacial score (nSPS) is 21.4. The molecule has 3 heteroatoms. The Hall–Kier alpha value is -1.19. The van der Waals surface area contributed by atoms with Gasteiger partial charge in [0, 0.05) is 26.1 Å². The number of Topliss-reactive ketones (excluding diaryl/α,β-unsaturated/α-hetero) is 1. The van der Waals surface area contributed by atoms with Crippen molar-refractivity contribution >= 4 is 5.78 Å². The number of rotatable bonds is 4. The largest absolute Gasteiger partial charge is 0.368 e. The molecule has 3 nitrogen and oxygen atoms in total. The van der Waals surface area contributed by atoms with Gasteiger partial charge in [-0.2, -0.15) is 0 Å². The topological polar surface area (TPSA) is 29.5 Å². The van der Waals surface area contributed by atoms with Crippen molar-refractivity contribution in [1.29, 1.82) is 0 Å². The number of benzene rings is 1. The summed E-state index contributed by atoms with van der Waals surface area (Å²) < 4.78 is 5.51. The van der Waals surface area contributed by atoms with E-state index < -0.39 is 0 Å². The fourth-order valence-electron chi connectivity index (χ4n) is 2.11. The molecule has 1 saturated heterocycles. The Morgan fingerprint density at radius 1 is 1.41 bits per heavy atom. The minimum atomic E-state index is -0.225. The van der Waals surface area contributed by atoms with Gasteiger partial charge in [-0.3, -0.25) is 9.69 Å². The molecule has 0 N–H and O–H groups in total. The van der Waals surface area contributed by atoms with Crippen LogP contribution in [0.5, 0.6) is 0 Å². The zero-order chi connectivity index (χ0) is 12.1. The molecule has 1 aliphatic heterocycles. The molecule has 1 heterocycles. The second-order valence-corrected chi connectivity index (χ2v) is 4.40. The van der Waals surface area contributed by atoms with Gasteiger partial charge in [-0.15, -0.1) is 0 Å². The predicted octanol–water partition coefficient (Wildman–Crippen LogP) is 1.87. The fraction of sp³-hybridized carbons (Fsp3) is 0.500. The number of carbonyl (C=O) groups is 1. The fourth-order valence-corrected chi connectivity index (χ4v) is 2.11. The Morgan fingerprint density at radius 3 is 2.88 bits per heavy atom. The van der Waals surface area contributed by atoms with Crippen LogP contribution in [0.3, 0.4) is 0 Å². The third kappa shape index (κ3) is 3.38. The molecule has 92 valence electrons. The summed E-state index contributed by atoms with van der Waals surface area (Å²) in [5, 5.41) is 0. The van der Waals surface area contributed by atoms with Crippen molar-refractivity contribution in [3.05, 3.63) is 35.9 Å². The van der Waals surface area contributed by atoms with Crippen LogP contribution in [0.4, 0.5) is 0 Å². The third-order valence-corrected chi connectivity index (χ3v) is 3.11. The Bertz CT molecular complexity index is 364. The lowest BCUT2D eigenvalue weighted by atomic mass is 10.1. The summed E-state index contributed by atoms with van der Waals surface area (Å²) in [5.41, 5.74) is 1.29. The van der Waals surface area contributed by atoms with Crippen LogP contribution in [0.2, 0.25) is 0 Å². The second-order valence-electron chi connectivity index (χ2n) is 4.40. The van der Waals surface area contributed by atoms with Crippen molar-refractivity contribution in [1.82, 2.24) is 4.90 Å². The molecule has 2 rings (SSSR count). The average molecular weight is 233 g/mol. The van der Waals surface area contributed by atoms with E-state index in [0.717, 1.165) is 19.6 Å². The van der Waals surface area contributed by atoms with E-state index in [0.29, 0.717) is 13.0 Å². The van der Waals surface area contributed by atoms with Gasteiger partial charge in [0.15, 0.2) is 5.78 Å². The van der Waals surface area contributed by atoms with Crippen LogP contribution >= 0.6 is 0 Å². The molecule has 1 fully saturated rings. The van der Waals surface area contributed by atoms with E-state index in [9.17, 15) is 4.79 Å². The molecule has 0 bridgehead atoms. The Kier molecular flexibility index (Phi) is 4.29. The Morgan fingerprint density at radius 2 is 2.18 bits per heavy atom. The van der Waals surface area contributed by atoms with Crippen molar-refractivity contribution in [3.63, 3.8) is 0 Å². The summed E-state index contributed by atoms with van der Waals surface area (Å²) in [6.45, 7) is 5.08. The monoisotopic (exact) mass is 233 g/mol. The van der Waals surface area contributed by atoms with Crippen molar-refractivity contribution in [2.75, 3.05) is 19.7 Å². The average Bonchev–Trinajstić information content (AvgIpc) is 2.39. The lowest BCUT2D eigenvalue weighted by Gasteiger charge is -2.32. The summed E-state index contributed by atoms with van der Waals surface area (Å²) in [6, 6.07) is 10.3. The highest BCUT2D eigenvalue weighted by Crippen LogP contribution is 2.11. The summed E-state index contributed by atoms with van der Waals surface area (Å²) in [5.74, 6) is 0.211. The van der Waals surface area contributed by atoms with Gasteiger partial charge in [-0.1, -0.05) is 37.3 Å². The lowest BCUT2D eigenvalue weighted by molar-refractivity contribution is -0.136. The van der Waals surface area contributed by atoms with Gasteiger partial charge >= 0.3 is 0 Å². The molecule has 17 heavy (non-hydrogen) atoms. The van der Waals surface area contributed by atoms with E-state index in [1.807, 2.05) is 25.1 Å². The number of carbonyl (C=O) groups excluding carboxylic acids is 1. The van der Waals surface area contributed by atoms with Crippen LogP contribution in [0.15, 0.2) is 30.3 Å². The Labute approximate surface area is 102 Å². The molecular weight excluding hydrogens is 214 g/mol. The minimum Gasteiger partial charge on any atom is -0.368 e. The van der Waals surface area contributed by atoms with E-state index >= 15 is 0 Å². The van der Waals surface area contributed by atoms with Crippen LogP contribution < -0.4 is 0 Å². The van der Waals surface area contributed by atoms with Crippen molar-refractivity contribution in [3.8, 4) is 0 Å². The first-order valence-corrected chi connectivity index (χ1v) is 6.20. The quantitative estimate of drug-likeness (QED) is 0.795. The van der Waals surface area contributed by atoms with Gasteiger partial charge in [-0.25, -0.2) is 0 Å². The van der Waals surface area contributed by atoms with Gasteiger partial charge < -0.3 is 4.74 Å². The van der Waals surface area contributed by atoms with E-state index in [-0.39, 0.29) is 11.9 Å². The molecule has 1 aromatic carbocycles. The number of ketones is 1.